The van der Waals surface area contributed by atoms with E-state index >= 15 is 0 Å². The van der Waals surface area contributed by atoms with Crippen molar-refractivity contribution in [2.24, 2.45) is 11.7 Å². The van der Waals surface area contributed by atoms with Crippen molar-refractivity contribution in [3.05, 3.63) is 29.8 Å². The molecule has 3 N–H and O–H groups in total. The van der Waals surface area contributed by atoms with E-state index in [1.165, 1.54) is 0 Å². The molecule has 1 aliphatic heterocycles. The average molecular weight is 292 g/mol. The summed E-state index contributed by atoms with van der Waals surface area (Å²) in [7, 11) is 1.71. The summed E-state index contributed by atoms with van der Waals surface area (Å²) in [5, 5.41) is 9.75. The van der Waals surface area contributed by atoms with Crippen LogP contribution >= 0.6 is 0 Å². The van der Waals surface area contributed by atoms with Gasteiger partial charge < -0.3 is 15.6 Å². The van der Waals surface area contributed by atoms with Crippen LogP contribution in [-0.2, 0) is 0 Å². The number of aliphatic hydroxyl groups excluding tert-OH is 1. The van der Waals surface area contributed by atoms with E-state index in [-0.39, 0.29) is 18.2 Å². The average Bonchev–Trinajstić information content (AvgIpc) is 2.48. The number of ether oxygens (including phenoxy) is 1. The first-order valence-corrected chi connectivity index (χ1v) is 7.85. The van der Waals surface area contributed by atoms with Gasteiger partial charge in [0.1, 0.15) is 5.75 Å². The van der Waals surface area contributed by atoms with Crippen molar-refractivity contribution in [1.29, 1.82) is 0 Å². The fraction of sp³-hybridized carbons (Fsp3) is 0.647. The number of aliphatic hydroxyl groups is 1. The topological polar surface area (TPSA) is 58.7 Å². The Kier molecular flexibility index (Phi) is 5.62. The molecule has 4 nitrogen and oxygen atoms in total. The van der Waals surface area contributed by atoms with Crippen molar-refractivity contribution in [2.45, 2.75) is 44.9 Å². The minimum absolute atomic E-state index is 0.0319. The molecule has 0 amide bonds. The third-order valence-electron chi connectivity index (χ3n) is 4.61. The predicted molar refractivity (Wildman–Crippen MR) is 85.4 cm³/mol. The Morgan fingerprint density at radius 2 is 1.86 bits per heavy atom. The Labute approximate surface area is 127 Å². The lowest BCUT2D eigenvalue weighted by atomic mass is 9.89. The van der Waals surface area contributed by atoms with Crippen LogP contribution in [0.15, 0.2) is 24.3 Å². The summed E-state index contributed by atoms with van der Waals surface area (Å²) in [6, 6.07) is 8.32. The van der Waals surface area contributed by atoms with Crippen molar-refractivity contribution in [3.8, 4) is 5.75 Å². The molecule has 1 aromatic rings. The van der Waals surface area contributed by atoms with Gasteiger partial charge in [-0.2, -0.15) is 0 Å². The summed E-state index contributed by atoms with van der Waals surface area (Å²) in [6.07, 6.45) is 1.83. The van der Waals surface area contributed by atoms with Crippen LogP contribution in [0.1, 0.15) is 38.3 Å². The SMILES string of the molecule is COc1ccccc1C(C(C)N)N1CCC(C(C)O)CC1. The van der Waals surface area contributed by atoms with Gasteiger partial charge in [0.15, 0.2) is 0 Å². The van der Waals surface area contributed by atoms with E-state index in [1.54, 1.807) is 7.11 Å². The maximum absolute atomic E-state index is 9.75. The smallest absolute Gasteiger partial charge is 0.123 e. The molecule has 3 atom stereocenters. The van der Waals surface area contributed by atoms with E-state index in [4.69, 9.17) is 10.5 Å². The summed E-state index contributed by atoms with van der Waals surface area (Å²) < 4.78 is 5.50. The van der Waals surface area contributed by atoms with Crippen molar-refractivity contribution in [1.82, 2.24) is 4.90 Å². The molecule has 0 aromatic heterocycles. The summed E-state index contributed by atoms with van der Waals surface area (Å²) in [5.74, 6) is 1.31. The lowest BCUT2D eigenvalue weighted by molar-refractivity contribution is 0.0506. The second kappa shape index (κ2) is 7.25. The standard InChI is InChI=1S/C17H28N2O2/c1-12(18)17(15-6-4-5-7-16(15)21-3)19-10-8-14(9-11-19)13(2)20/h4-7,12-14,17,20H,8-11,18H2,1-3H3. The monoisotopic (exact) mass is 292 g/mol. The van der Waals surface area contributed by atoms with Gasteiger partial charge in [-0.25, -0.2) is 0 Å². The van der Waals surface area contributed by atoms with Crippen LogP contribution in [0.3, 0.4) is 0 Å². The van der Waals surface area contributed by atoms with E-state index in [2.05, 4.69) is 17.9 Å². The Hall–Kier alpha value is -1.10. The number of benzene rings is 1. The molecular weight excluding hydrogens is 264 g/mol. The van der Waals surface area contributed by atoms with Crippen LogP contribution in [0.2, 0.25) is 0 Å². The first-order valence-electron chi connectivity index (χ1n) is 7.85. The molecule has 3 unspecified atom stereocenters. The van der Waals surface area contributed by atoms with Crippen molar-refractivity contribution in [2.75, 3.05) is 20.2 Å². The van der Waals surface area contributed by atoms with Gasteiger partial charge in [0.25, 0.3) is 0 Å². The number of hydrogen-bond donors (Lipinski definition) is 2. The molecule has 118 valence electrons. The number of likely N-dealkylation sites (tertiary alicyclic amines) is 1. The first kappa shape index (κ1) is 16.3. The van der Waals surface area contributed by atoms with Crippen LogP contribution in [0.25, 0.3) is 0 Å². The van der Waals surface area contributed by atoms with E-state index in [0.717, 1.165) is 37.2 Å². The summed E-state index contributed by atoms with van der Waals surface area (Å²) in [6.45, 7) is 5.89. The second-order valence-corrected chi connectivity index (χ2v) is 6.16. The highest BCUT2D eigenvalue weighted by Gasteiger charge is 2.31. The van der Waals surface area contributed by atoms with Crippen LogP contribution in [0.5, 0.6) is 5.75 Å². The van der Waals surface area contributed by atoms with Gasteiger partial charge in [-0.05, 0) is 51.8 Å². The molecule has 1 fully saturated rings. The number of piperidine rings is 1. The lowest BCUT2D eigenvalue weighted by Gasteiger charge is -2.40. The zero-order valence-electron chi connectivity index (χ0n) is 13.3. The molecule has 21 heavy (non-hydrogen) atoms. The molecule has 0 aliphatic carbocycles. The largest absolute Gasteiger partial charge is 0.496 e. The highest BCUT2D eigenvalue weighted by molar-refractivity contribution is 5.36. The van der Waals surface area contributed by atoms with E-state index in [1.807, 2.05) is 25.1 Å². The zero-order chi connectivity index (χ0) is 15.4. The minimum Gasteiger partial charge on any atom is -0.496 e. The Morgan fingerprint density at radius 3 is 2.38 bits per heavy atom. The van der Waals surface area contributed by atoms with Gasteiger partial charge in [-0.3, -0.25) is 4.90 Å². The second-order valence-electron chi connectivity index (χ2n) is 6.16. The first-order chi connectivity index (χ1) is 10.0. The third-order valence-corrected chi connectivity index (χ3v) is 4.61. The van der Waals surface area contributed by atoms with Gasteiger partial charge in [0, 0.05) is 11.6 Å². The molecule has 1 saturated heterocycles. The van der Waals surface area contributed by atoms with Gasteiger partial charge in [-0.15, -0.1) is 0 Å². The van der Waals surface area contributed by atoms with Crippen LogP contribution < -0.4 is 10.5 Å². The molecule has 0 bridgehead atoms. The van der Waals surface area contributed by atoms with Gasteiger partial charge in [0.05, 0.1) is 19.3 Å². The molecule has 0 spiro atoms. The lowest BCUT2D eigenvalue weighted by Crippen LogP contribution is -2.45. The molecule has 0 radical (unpaired) electrons. The van der Waals surface area contributed by atoms with E-state index in [0.29, 0.717) is 5.92 Å². The summed E-state index contributed by atoms with van der Waals surface area (Å²) in [4.78, 5) is 2.43. The van der Waals surface area contributed by atoms with Gasteiger partial charge in [-0.1, -0.05) is 18.2 Å². The third kappa shape index (κ3) is 3.76. The number of methoxy groups -OCH3 is 1. The summed E-state index contributed by atoms with van der Waals surface area (Å²) >= 11 is 0. The number of rotatable bonds is 5. The quantitative estimate of drug-likeness (QED) is 0.873. The summed E-state index contributed by atoms with van der Waals surface area (Å²) in [5.41, 5.74) is 7.43. The van der Waals surface area contributed by atoms with Crippen molar-refractivity contribution in [3.63, 3.8) is 0 Å². The number of hydrogen-bond acceptors (Lipinski definition) is 4. The Balaban J connectivity index is 2.17. The normalized spacial score (nSPS) is 21.8. The minimum atomic E-state index is -0.216. The number of para-hydroxylation sites is 1. The molecular formula is C17H28N2O2. The van der Waals surface area contributed by atoms with Crippen molar-refractivity contribution < 1.29 is 9.84 Å². The number of nitrogens with zero attached hydrogens (tertiary/aromatic N) is 1. The molecule has 4 heteroatoms. The maximum Gasteiger partial charge on any atom is 0.123 e. The number of nitrogens with two attached hydrogens (primary N) is 1. The highest BCUT2D eigenvalue weighted by atomic mass is 16.5. The molecule has 1 heterocycles. The van der Waals surface area contributed by atoms with Crippen molar-refractivity contribution >= 4 is 0 Å². The van der Waals surface area contributed by atoms with E-state index in [9.17, 15) is 5.11 Å². The fourth-order valence-electron chi connectivity index (χ4n) is 3.40. The van der Waals surface area contributed by atoms with Gasteiger partial charge >= 0.3 is 0 Å². The van der Waals surface area contributed by atoms with Crippen LogP contribution in [-0.4, -0.2) is 42.4 Å². The Morgan fingerprint density at radius 1 is 1.24 bits per heavy atom. The van der Waals surface area contributed by atoms with E-state index < -0.39 is 0 Å². The zero-order valence-corrected chi connectivity index (χ0v) is 13.3. The highest BCUT2D eigenvalue weighted by Crippen LogP contribution is 2.34. The maximum atomic E-state index is 9.75. The van der Waals surface area contributed by atoms with Crippen LogP contribution in [0, 0.1) is 5.92 Å². The van der Waals surface area contributed by atoms with Crippen LogP contribution in [0.4, 0.5) is 0 Å². The fourth-order valence-corrected chi connectivity index (χ4v) is 3.40. The molecule has 1 aromatic carbocycles. The molecule has 2 rings (SSSR count). The molecule has 0 saturated carbocycles. The van der Waals surface area contributed by atoms with Gasteiger partial charge in [0.2, 0.25) is 0 Å². The molecule has 1 aliphatic rings. The Bertz CT molecular complexity index is 440. The predicted octanol–water partition coefficient (Wildman–Crippen LogP) is 2.18.